The molecule has 8 heteroatoms. The van der Waals surface area contributed by atoms with Crippen LogP contribution >= 0.6 is 0 Å². The fourth-order valence-corrected chi connectivity index (χ4v) is 4.39. The molecule has 0 radical (unpaired) electrons. The minimum atomic E-state index is -0.261. The Bertz CT molecular complexity index is 809. The van der Waals surface area contributed by atoms with Gasteiger partial charge in [-0.2, -0.15) is 0 Å². The minimum absolute atomic E-state index is 0.0624. The quantitative estimate of drug-likeness (QED) is 0.730. The molecule has 3 saturated heterocycles. The molecule has 1 aromatic heterocycles. The highest BCUT2D eigenvalue weighted by molar-refractivity contribution is 5.79. The predicted molar refractivity (Wildman–Crippen MR) is 102 cm³/mol. The first kappa shape index (κ1) is 19.0. The Balaban J connectivity index is 1.36. The number of carbonyl (C=O) groups is 1. The number of aromatic nitrogens is 3. The number of benzene rings is 1. The van der Waals surface area contributed by atoms with E-state index >= 15 is 0 Å². The molecule has 0 saturated carbocycles. The number of ether oxygens (including phenoxy) is 1. The molecule has 7 nitrogen and oxygen atoms in total. The van der Waals surface area contributed by atoms with E-state index in [9.17, 15) is 9.18 Å². The van der Waals surface area contributed by atoms with Crippen LogP contribution in [0.1, 0.15) is 12.8 Å². The zero-order valence-corrected chi connectivity index (χ0v) is 16.1. The Labute approximate surface area is 163 Å². The van der Waals surface area contributed by atoms with E-state index in [1.807, 2.05) is 10.9 Å². The Morgan fingerprint density at radius 1 is 1.36 bits per heavy atom. The van der Waals surface area contributed by atoms with Gasteiger partial charge in [0, 0.05) is 31.8 Å². The molecule has 1 amide bonds. The number of piperidine rings is 3. The first-order chi connectivity index (χ1) is 13.6. The molecular formula is C20H26FN5O2. The number of nitrogens with one attached hydrogen (secondary N) is 1. The molecule has 4 heterocycles. The van der Waals surface area contributed by atoms with Crippen molar-refractivity contribution in [3.8, 4) is 11.3 Å². The standard InChI is InChI=1S/C20H26FN5O2/c1-28-9-7-22-20(27)18-12-25-8-6-15(18)10-17(25)11-26-13-19(23-24-26)14-2-4-16(21)5-3-14/h2-5,13,15,17-18H,6-12H2,1H3,(H,22,27)/t15-,17+,18-/m0/s1. The van der Waals surface area contributed by atoms with E-state index in [4.69, 9.17) is 4.74 Å². The van der Waals surface area contributed by atoms with E-state index in [1.165, 1.54) is 12.1 Å². The average Bonchev–Trinajstić information content (AvgIpc) is 3.17. The first-order valence-corrected chi connectivity index (χ1v) is 9.81. The van der Waals surface area contributed by atoms with Crippen LogP contribution < -0.4 is 5.32 Å². The summed E-state index contributed by atoms with van der Waals surface area (Å²) in [6.45, 7) is 3.68. The second kappa shape index (κ2) is 8.36. The van der Waals surface area contributed by atoms with E-state index in [0.29, 0.717) is 25.1 Å². The van der Waals surface area contributed by atoms with Gasteiger partial charge in [-0.3, -0.25) is 14.4 Å². The molecule has 1 unspecified atom stereocenters. The number of hydrogen-bond donors (Lipinski definition) is 1. The van der Waals surface area contributed by atoms with Crippen molar-refractivity contribution in [2.75, 3.05) is 33.4 Å². The second-order valence-electron chi connectivity index (χ2n) is 7.66. The van der Waals surface area contributed by atoms with Gasteiger partial charge in [-0.25, -0.2) is 4.39 Å². The number of carbonyl (C=O) groups excluding carboxylic acids is 1. The highest BCUT2D eigenvalue weighted by Gasteiger charge is 2.43. The maximum Gasteiger partial charge on any atom is 0.224 e. The van der Waals surface area contributed by atoms with Crippen molar-refractivity contribution in [3.05, 3.63) is 36.3 Å². The van der Waals surface area contributed by atoms with Crippen LogP contribution in [0.3, 0.4) is 0 Å². The van der Waals surface area contributed by atoms with Gasteiger partial charge in [-0.15, -0.1) is 5.10 Å². The number of methoxy groups -OCH3 is 1. The van der Waals surface area contributed by atoms with Crippen molar-refractivity contribution in [2.24, 2.45) is 11.8 Å². The molecule has 2 aromatic rings. The van der Waals surface area contributed by atoms with Crippen LogP contribution in [0.15, 0.2) is 30.5 Å². The van der Waals surface area contributed by atoms with E-state index in [1.54, 1.807) is 19.2 Å². The molecule has 3 fully saturated rings. The first-order valence-electron chi connectivity index (χ1n) is 9.81. The maximum atomic E-state index is 13.1. The summed E-state index contributed by atoms with van der Waals surface area (Å²) in [5.74, 6) is 0.359. The molecule has 150 valence electrons. The molecule has 4 atom stereocenters. The van der Waals surface area contributed by atoms with Gasteiger partial charge in [0.1, 0.15) is 11.5 Å². The van der Waals surface area contributed by atoms with Gasteiger partial charge in [0.25, 0.3) is 0 Å². The summed E-state index contributed by atoms with van der Waals surface area (Å²) in [4.78, 5) is 14.9. The molecule has 1 aromatic carbocycles. The highest BCUT2D eigenvalue weighted by atomic mass is 19.1. The number of rotatable bonds is 7. The lowest BCUT2D eigenvalue weighted by Gasteiger charge is -2.49. The lowest BCUT2D eigenvalue weighted by Crippen LogP contribution is -2.58. The summed E-state index contributed by atoms with van der Waals surface area (Å²) >= 11 is 0. The lowest BCUT2D eigenvalue weighted by molar-refractivity contribution is -0.133. The van der Waals surface area contributed by atoms with Gasteiger partial charge < -0.3 is 10.1 Å². The molecule has 3 aliphatic heterocycles. The van der Waals surface area contributed by atoms with Crippen LogP contribution in [0.4, 0.5) is 4.39 Å². The third-order valence-corrected chi connectivity index (χ3v) is 5.90. The monoisotopic (exact) mass is 387 g/mol. The van der Waals surface area contributed by atoms with Crippen LogP contribution in [-0.4, -0.2) is 65.2 Å². The summed E-state index contributed by atoms with van der Waals surface area (Å²) in [7, 11) is 1.64. The van der Waals surface area contributed by atoms with Gasteiger partial charge in [0.05, 0.1) is 25.3 Å². The Morgan fingerprint density at radius 3 is 2.89 bits per heavy atom. The smallest absolute Gasteiger partial charge is 0.224 e. The van der Waals surface area contributed by atoms with Crippen molar-refractivity contribution in [2.45, 2.75) is 25.4 Å². The molecule has 1 N–H and O–H groups in total. The number of nitrogens with zero attached hydrogens (tertiary/aromatic N) is 4. The number of hydrogen-bond acceptors (Lipinski definition) is 5. The highest BCUT2D eigenvalue weighted by Crippen LogP contribution is 2.37. The van der Waals surface area contributed by atoms with Crippen LogP contribution in [-0.2, 0) is 16.1 Å². The lowest BCUT2D eigenvalue weighted by atomic mass is 9.75. The fraction of sp³-hybridized carbons (Fsp3) is 0.550. The van der Waals surface area contributed by atoms with Gasteiger partial charge in [0.15, 0.2) is 0 Å². The SMILES string of the molecule is COCCNC(=O)[C@H]1CN2CC[C@H]1C[C@@H]2Cn1cc(-c2ccc(F)cc2)nn1. The van der Waals surface area contributed by atoms with Crippen LogP contribution in [0.25, 0.3) is 11.3 Å². The topological polar surface area (TPSA) is 72.3 Å². The summed E-state index contributed by atoms with van der Waals surface area (Å²) in [6, 6.07) is 6.64. The van der Waals surface area contributed by atoms with Crippen molar-refractivity contribution < 1.29 is 13.9 Å². The van der Waals surface area contributed by atoms with E-state index in [-0.39, 0.29) is 17.6 Å². The molecule has 3 aliphatic rings. The van der Waals surface area contributed by atoms with E-state index < -0.39 is 0 Å². The third kappa shape index (κ3) is 4.07. The van der Waals surface area contributed by atoms with E-state index in [0.717, 1.165) is 43.7 Å². The zero-order chi connectivity index (χ0) is 19.5. The summed E-state index contributed by atoms with van der Waals surface area (Å²) < 4.78 is 20.0. The van der Waals surface area contributed by atoms with Gasteiger partial charge >= 0.3 is 0 Å². The molecule has 0 aliphatic carbocycles. The molecular weight excluding hydrogens is 361 g/mol. The molecule has 0 spiro atoms. The van der Waals surface area contributed by atoms with Crippen molar-refractivity contribution in [1.82, 2.24) is 25.2 Å². The zero-order valence-electron chi connectivity index (χ0n) is 16.1. The molecule has 5 rings (SSSR count). The largest absolute Gasteiger partial charge is 0.383 e. The molecule has 28 heavy (non-hydrogen) atoms. The van der Waals surface area contributed by atoms with Crippen LogP contribution in [0.5, 0.6) is 0 Å². The normalized spacial score (nSPS) is 26.4. The van der Waals surface area contributed by atoms with Gasteiger partial charge in [-0.05, 0) is 49.6 Å². The van der Waals surface area contributed by atoms with Crippen molar-refractivity contribution in [1.29, 1.82) is 0 Å². The number of fused-ring (bicyclic) bond motifs is 3. The van der Waals surface area contributed by atoms with E-state index in [2.05, 4.69) is 20.5 Å². The fourth-order valence-electron chi connectivity index (χ4n) is 4.39. The minimum Gasteiger partial charge on any atom is -0.383 e. The van der Waals surface area contributed by atoms with Gasteiger partial charge in [0.2, 0.25) is 5.91 Å². The average molecular weight is 387 g/mol. The Kier molecular flexibility index (Phi) is 5.68. The summed E-state index contributed by atoms with van der Waals surface area (Å²) in [5, 5.41) is 11.5. The second-order valence-corrected chi connectivity index (χ2v) is 7.66. The third-order valence-electron chi connectivity index (χ3n) is 5.90. The maximum absolute atomic E-state index is 13.1. The van der Waals surface area contributed by atoms with Crippen molar-refractivity contribution >= 4 is 5.91 Å². The predicted octanol–water partition coefficient (Wildman–Crippen LogP) is 1.56. The number of halogens is 1. The van der Waals surface area contributed by atoms with Crippen molar-refractivity contribution in [3.63, 3.8) is 0 Å². The summed E-state index contributed by atoms with van der Waals surface area (Å²) in [6.07, 6.45) is 3.97. The summed E-state index contributed by atoms with van der Waals surface area (Å²) in [5.41, 5.74) is 1.59. The number of amides is 1. The van der Waals surface area contributed by atoms with Gasteiger partial charge in [-0.1, -0.05) is 5.21 Å². The Hall–Kier alpha value is -2.32. The Morgan fingerprint density at radius 2 is 2.18 bits per heavy atom. The molecule has 2 bridgehead atoms. The van der Waals surface area contributed by atoms with Crippen LogP contribution in [0.2, 0.25) is 0 Å². The van der Waals surface area contributed by atoms with Crippen LogP contribution in [0, 0.1) is 17.7 Å².